The monoisotopic (exact) mass is 441 g/mol. The third-order valence-corrected chi connectivity index (χ3v) is 6.68. The molecule has 1 N–H and O–H groups in total. The smallest absolute Gasteiger partial charge is 0.321 e. The Morgan fingerprint density at radius 1 is 1.19 bits per heavy atom. The lowest BCUT2D eigenvalue weighted by Gasteiger charge is -2.19. The molecule has 3 aromatic rings. The average Bonchev–Trinajstić information content (AvgIpc) is 3.13. The predicted molar refractivity (Wildman–Crippen MR) is 110 cm³/mol. The zero-order valence-corrected chi connectivity index (χ0v) is 17.6. The van der Waals surface area contributed by atoms with Crippen LogP contribution in [0.5, 0.6) is 0 Å². The van der Waals surface area contributed by atoms with Crippen molar-refractivity contribution >= 4 is 27.7 Å². The number of ether oxygens (including phenoxy) is 1. The molecule has 0 unspecified atom stereocenters. The van der Waals surface area contributed by atoms with Gasteiger partial charge in [-0.05, 0) is 36.8 Å². The van der Waals surface area contributed by atoms with Gasteiger partial charge in [-0.1, -0.05) is 12.1 Å². The number of aromatic nitrogens is 3. The number of hydrogen-bond donors (Lipinski definition) is 1. The Labute approximate surface area is 178 Å². The summed E-state index contributed by atoms with van der Waals surface area (Å²) in [5.41, 5.74) is 1.61. The van der Waals surface area contributed by atoms with Crippen LogP contribution < -0.4 is 5.32 Å². The molecule has 1 aliphatic rings. The minimum atomic E-state index is -4.03. The standard InChI is InChI=1S/C20H19N5O5S/c1-13-7-8-21-17(9-13)23-20(27)19-15-10-24(11-18(26)30-2)31(28,29)16-6-4-3-5-14(16)25(15)12-22-19/h3-9,12H,10-11H2,1-2H3,(H,21,23,27). The molecule has 0 bridgehead atoms. The number of para-hydroxylation sites is 1. The minimum Gasteiger partial charge on any atom is -0.468 e. The van der Waals surface area contributed by atoms with Gasteiger partial charge in [0.1, 0.15) is 23.6 Å². The molecule has 1 aromatic carbocycles. The molecular formula is C20H19N5O5S. The van der Waals surface area contributed by atoms with Gasteiger partial charge in [0.05, 0.1) is 25.0 Å². The highest BCUT2D eigenvalue weighted by Crippen LogP contribution is 2.31. The van der Waals surface area contributed by atoms with Gasteiger partial charge in [0.2, 0.25) is 10.0 Å². The number of hydrogen-bond acceptors (Lipinski definition) is 7. The number of pyridine rings is 1. The average molecular weight is 441 g/mol. The molecule has 0 aliphatic carbocycles. The maximum Gasteiger partial charge on any atom is 0.321 e. The SMILES string of the molecule is COC(=O)CN1Cc2c(C(=O)Nc3cc(C)ccn3)ncn2-c2ccccc2S1(=O)=O. The minimum absolute atomic E-state index is 0.00219. The molecule has 160 valence electrons. The fourth-order valence-corrected chi connectivity index (χ4v) is 4.84. The second-order valence-corrected chi connectivity index (χ2v) is 8.81. The first-order valence-corrected chi connectivity index (χ1v) is 10.7. The fraction of sp³-hybridized carbons (Fsp3) is 0.200. The van der Waals surface area contributed by atoms with E-state index in [0.717, 1.165) is 9.87 Å². The highest BCUT2D eigenvalue weighted by Gasteiger charge is 2.36. The highest BCUT2D eigenvalue weighted by molar-refractivity contribution is 7.89. The van der Waals surface area contributed by atoms with Gasteiger partial charge in [-0.2, -0.15) is 4.31 Å². The number of sulfonamides is 1. The maximum absolute atomic E-state index is 13.2. The van der Waals surface area contributed by atoms with Crippen molar-refractivity contribution in [2.24, 2.45) is 0 Å². The van der Waals surface area contributed by atoms with E-state index in [4.69, 9.17) is 0 Å². The van der Waals surface area contributed by atoms with Gasteiger partial charge < -0.3 is 10.1 Å². The molecule has 3 heterocycles. The number of carbonyl (C=O) groups is 2. The zero-order chi connectivity index (χ0) is 22.2. The number of amides is 1. The number of nitrogens with one attached hydrogen (secondary N) is 1. The summed E-state index contributed by atoms with van der Waals surface area (Å²) in [6, 6.07) is 9.83. The first-order chi connectivity index (χ1) is 14.8. The molecule has 4 rings (SSSR count). The molecule has 0 atom stereocenters. The third-order valence-electron chi connectivity index (χ3n) is 4.84. The second-order valence-electron chi connectivity index (χ2n) is 6.90. The van der Waals surface area contributed by atoms with Gasteiger partial charge in [0, 0.05) is 6.20 Å². The van der Waals surface area contributed by atoms with Crippen LogP contribution in [0.4, 0.5) is 5.82 Å². The molecule has 0 radical (unpaired) electrons. The zero-order valence-electron chi connectivity index (χ0n) is 16.8. The number of imidazole rings is 1. The van der Waals surface area contributed by atoms with E-state index in [1.54, 1.807) is 41.1 Å². The van der Waals surface area contributed by atoms with E-state index in [1.165, 1.54) is 19.5 Å². The molecule has 11 heteroatoms. The van der Waals surface area contributed by atoms with Crippen molar-refractivity contribution in [3.05, 3.63) is 65.9 Å². The summed E-state index contributed by atoms with van der Waals surface area (Å²) in [5, 5.41) is 2.68. The number of nitrogens with zero attached hydrogens (tertiary/aromatic N) is 4. The van der Waals surface area contributed by atoms with Crippen molar-refractivity contribution in [1.82, 2.24) is 18.8 Å². The van der Waals surface area contributed by atoms with Crippen molar-refractivity contribution in [1.29, 1.82) is 0 Å². The quantitative estimate of drug-likeness (QED) is 0.609. The van der Waals surface area contributed by atoms with E-state index in [2.05, 4.69) is 20.0 Å². The van der Waals surface area contributed by atoms with Crippen molar-refractivity contribution in [2.45, 2.75) is 18.4 Å². The van der Waals surface area contributed by atoms with Crippen LogP contribution in [-0.2, 0) is 26.1 Å². The van der Waals surface area contributed by atoms with Crippen LogP contribution in [0, 0.1) is 6.92 Å². The molecule has 1 aliphatic heterocycles. The van der Waals surface area contributed by atoms with Crippen molar-refractivity contribution in [3.63, 3.8) is 0 Å². The Balaban J connectivity index is 1.80. The lowest BCUT2D eigenvalue weighted by atomic mass is 10.2. The van der Waals surface area contributed by atoms with E-state index < -0.39 is 28.4 Å². The van der Waals surface area contributed by atoms with Gasteiger partial charge in [0.15, 0.2) is 5.69 Å². The largest absolute Gasteiger partial charge is 0.468 e. The second kappa shape index (κ2) is 7.93. The van der Waals surface area contributed by atoms with Gasteiger partial charge in [0.25, 0.3) is 5.91 Å². The number of fused-ring (bicyclic) bond motifs is 3. The van der Waals surface area contributed by atoms with E-state index in [0.29, 0.717) is 17.2 Å². The molecule has 2 aromatic heterocycles. The molecule has 0 saturated carbocycles. The van der Waals surface area contributed by atoms with Crippen molar-refractivity contribution in [2.75, 3.05) is 19.0 Å². The third kappa shape index (κ3) is 3.80. The van der Waals surface area contributed by atoms with Crippen LogP contribution >= 0.6 is 0 Å². The Bertz CT molecular complexity index is 1280. The lowest BCUT2D eigenvalue weighted by Crippen LogP contribution is -2.35. The van der Waals surface area contributed by atoms with Crippen LogP contribution in [0.15, 0.2) is 53.8 Å². The van der Waals surface area contributed by atoms with E-state index >= 15 is 0 Å². The van der Waals surface area contributed by atoms with E-state index in [-0.39, 0.29) is 17.1 Å². The highest BCUT2D eigenvalue weighted by atomic mass is 32.2. The molecule has 1 amide bonds. The lowest BCUT2D eigenvalue weighted by molar-refractivity contribution is -0.140. The molecule has 0 saturated heterocycles. The number of benzene rings is 1. The van der Waals surface area contributed by atoms with Crippen LogP contribution in [0.25, 0.3) is 5.69 Å². The first kappa shape index (κ1) is 20.7. The van der Waals surface area contributed by atoms with Gasteiger partial charge in [-0.3, -0.25) is 14.2 Å². The van der Waals surface area contributed by atoms with Crippen molar-refractivity contribution < 1.29 is 22.7 Å². The summed E-state index contributed by atoms with van der Waals surface area (Å²) >= 11 is 0. The van der Waals surface area contributed by atoms with E-state index in [9.17, 15) is 18.0 Å². The number of methoxy groups -OCH3 is 1. The number of esters is 1. The number of carbonyl (C=O) groups excluding carboxylic acids is 2. The van der Waals surface area contributed by atoms with E-state index in [1.807, 2.05) is 6.92 Å². The normalized spacial score (nSPS) is 14.8. The van der Waals surface area contributed by atoms with Gasteiger partial charge in [-0.25, -0.2) is 18.4 Å². The predicted octanol–water partition coefficient (Wildman–Crippen LogP) is 1.51. The summed E-state index contributed by atoms with van der Waals surface area (Å²) in [6.45, 7) is 1.13. The first-order valence-electron chi connectivity index (χ1n) is 9.28. The number of anilines is 1. The Hall–Kier alpha value is -3.57. The summed E-state index contributed by atoms with van der Waals surface area (Å²) < 4.78 is 33.6. The summed E-state index contributed by atoms with van der Waals surface area (Å²) in [6.07, 6.45) is 2.96. The maximum atomic E-state index is 13.2. The summed E-state index contributed by atoms with van der Waals surface area (Å²) in [7, 11) is -2.85. The molecular weight excluding hydrogens is 422 g/mol. The molecule has 31 heavy (non-hydrogen) atoms. The molecule has 10 nitrogen and oxygen atoms in total. The Morgan fingerprint density at radius 2 is 1.97 bits per heavy atom. The Kier molecular flexibility index (Phi) is 5.29. The fourth-order valence-electron chi connectivity index (χ4n) is 3.32. The van der Waals surface area contributed by atoms with Crippen LogP contribution in [0.2, 0.25) is 0 Å². The summed E-state index contributed by atoms with van der Waals surface area (Å²) in [5.74, 6) is -0.912. The molecule has 0 spiro atoms. The molecule has 0 fully saturated rings. The summed E-state index contributed by atoms with van der Waals surface area (Å²) in [4.78, 5) is 33.2. The number of rotatable bonds is 4. The van der Waals surface area contributed by atoms with Gasteiger partial charge in [-0.15, -0.1) is 0 Å². The van der Waals surface area contributed by atoms with Crippen LogP contribution in [0.3, 0.4) is 0 Å². The number of aryl methyl sites for hydroxylation is 1. The van der Waals surface area contributed by atoms with Crippen molar-refractivity contribution in [3.8, 4) is 5.69 Å². The topological polar surface area (TPSA) is 123 Å². The van der Waals surface area contributed by atoms with Crippen LogP contribution in [0.1, 0.15) is 21.7 Å². The van der Waals surface area contributed by atoms with Crippen LogP contribution in [-0.4, -0.2) is 52.8 Å². The van der Waals surface area contributed by atoms with Gasteiger partial charge >= 0.3 is 5.97 Å². The Morgan fingerprint density at radius 3 is 2.71 bits per heavy atom.